The van der Waals surface area contributed by atoms with E-state index in [0.29, 0.717) is 11.6 Å². The fraction of sp³-hybridized carbons (Fsp3) is 0.529. The van der Waals surface area contributed by atoms with Crippen molar-refractivity contribution in [2.45, 2.75) is 25.4 Å². The predicted octanol–water partition coefficient (Wildman–Crippen LogP) is 2.45. The summed E-state index contributed by atoms with van der Waals surface area (Å²) in [5.74, 6) is 0.943. The number of hydrogen-bond donors (Lipinski definition) is 1. The molecule has 0 bridgehead atoms. The maximum atomic E-state index is 13.6. The van der Waals surface area contributed by atoms with Gasteiger partial charge in [-0.1, -0.05) is 11.6 Å². The minimum absolute atomic E-state index is 0.226. The zero-order chi connectivity index (χ0) is 16.4. The zero-order valence-corrected chi connectivity index (χ0v) is 14.3. The van der Waals surface area contributed by atoms with Crippen LogP contribution in [0, 0.1) is 5.82 Å². The molecular weight excluding hydrogens is 315 g/mol. The van der Waals surface area contributed by atoms with E-state index in [1.165, 1.54) is 18.0 Å². The van der Waals surface area contributed by atoms with Crippen molar-refractivity contribution < 1.29 is 4.39 Å². The van der Waals surface area contributed by atoms with E-state index in [9.17, 15) is 4.39 Å². The lowest BCUT2D eigenvalue weighted by molar-refractivity contribution is 0.104. The van der Waals surface area contributed by atoms with Crippen molar-refractivity contribution >= 4 is 11.6 Å². The molecule has 1 aromatic rings. The molecule has 0 saturated carbocycles. The van der Waals surface area contributed by atoms with Crippen molar-refractivity contribution in [1.82, 2.24) is 14.7 Å². The topological polar surface area (TPSA) is 35.7 Å². The highest BCUT2D eigenvalue weighted by Gasteiger charge is 2.26. The van der Waals surface area contributed by atoms with E-state index in [4.69, 9.17) is 17.3 Å². The lowest BCUT2D eigenvalue weighted by atomic mass is 10.1. The van der Waals surface area contributed by atoms with Gasteiger partial charge in [-0.2, -0.15) is 0 Å². The third-order valence-electron chi connectivity index (χ3n) is 4.47. The second-order valence-electron chi connectivity index (χ2n) is 6.52. The Morgan fingerprint density at radius 3 is 3.00 bits per heavy atom. The van der Waals surface area contributed by atoms with Crippen LogP contribution >= 0.6 is 11.6 Å². The molecule has 1 atom stereocenters. The molecule has 0 aliphatic carbocycles. The molecule has 6 heteroatoms. The van der Waals surface area contributed by atoms with Gasteiger partial charge in [0.25, 0.3) is 0 Å². The van der Waals surface area contributed by atoms with Gasteiger partial charge in [0.05, 0.1) is 6.67 Å². The number of nitrogens with zero attached hydrogens (tertiary/aromatic N) is 3. The third kappa shape index (κ3) is 3.97. The second-order valence-corrected chi connectivity index (χ2v) is 6.93. The molecule has 1 unspecified atom stereocenters. The summed E-state index contributed by atoms with van der Waals surface area (Å²) in [5.41, 5.74) is 6.95. The average Bonchev–Trinajstić information content (AvgIpc) is 2.51. The molecule has 1 saturated heterocycles. The molecule has 23 heavy (non-hydrogen) atoms. The van der Waals surface area contributed by atoms with Crippen LogP contribution in [0.15, 0.2) is 30.1 Å². The highest BCUT2D eigenvalue weighted by molar-refractivity contribution is 6.31. The summed E-state index contributed by atoms with van der Waals surface area (Å²) in [7, 11) is 2.08. The van der Waals surface area contributed by atoms with Crippen molar-refractivity contribution in [2.24, 2.45) is 5.73 Å². The quantitative estimate of drug-likeness (QED) is 0.918. The van der Waals surface area contributed by atoms with Gasteiger partial charge in [-0.05, 0) is 49.7 Å². The minimum atomic E-state index is -0.250. The number of hydrogen-bond acceptors (Lipinski definition) is 4. The minimum Gasteiger partial charge on any atom is -0.357 e. The van der Waals surface area contributed by atoms with Gasteiger partial charge in [-0.25, -0.2) is 4.39 Å². The number of halogens is 2. The van der Waals surface area contributed by atoms with Crippen LogP contribution in [0.4, 0.5) is 4.39 Å². The van der Waals surface area contributed by atoms with E-state index in [0.717, 1.165) is 44.7 Å². The van der Waals surface area contributed by atoms with Crippen LogP contribution in [0.5, 0.6) is 0 Å². The molecule has 0 spiro atoms. The van der Waals surface area contributed by atoms with E-state index >= 15 is 0 Å². The van der Waals surface area contributed by atoms with E-state index in [-0.39, 0.29) is 11.9 Å². The Bertz CT molecular complexity index is 592. The van der Waals surface area contributed by atoms with Crippen molar-refractivity contribution in [2.75, 3.05) is 33.4 Å². The fourth-order valence-corrected chi connectivity index (χ4v) is 3.51. The number of nitrogens with two attached hydrogens (primary N) is 1. The summed E-state index contributed by atoms with van der Waals surface area (Å²) in [4.78, 5) is 6.83. The maximum absolute atomic E-state index is 13.6. The van der Waals surface area contributed by atoms with E-state index in [2.05, 4.69) is 27.8 Å². The summed E-state index contributed by atoms with van der Waals surface area (Å²) in [6.45, 7) is 4.21. The standard InChI is InChI=1S/C17H24ClFN4/c1-21-8-6-17(22-7-2-3-15(20)11-22)23(12-21)10-13-9-14(19)4-5-16(13)18/h4-6,9,15H,2-3,7-8,10-12,20H2,1H3. The smallest absolute Gasteiger partial charge is 0.123 e. The molecule has 3 rings (SSSR count). The fourth-order valence-electron chi connectivity index (χ4n) is 3.34. The van der Waals surface area contributed by atoms with Gasteiger partial charge in [-0.15, -0.1) is 0 Å². The molecule has 2 N–H and O–H groups in total. The molecule has 2 aliphatic heterocycles. The third-order valence-corrected chi connectivity index (χ3v) is 4.84. The van der Waals surface area contributed by atoms with Gasteiger partial charge in [0.2, 0.25) is 0 Å². The highest BCUT2D eigenvalue weighted by atomic mass is 35.5. The lowest BCUT2D eigenvalue weighted by Gasteiger charge is -2.43. The van der Waals surface area contributed by atoms with Crippen molar-refractivity contribution in [3.8, 4) is 0 Å². The Labute approximate surface area is 142 Å². The number of piperidine rings is 1. The summed E-state index contributed by atoms with van der Waals surface area (Å²) < 4.78 is 13.6. The van der Waals surface area contributed by atoms with Crippen molar-refractivity contribution in [1.29, 1.82) is 0 Å². The van der Waals surface area contributed by atoms with E-state index in [1.807, 2.05) is 0 Å². The van der Waals surface area contributed by atoms with E-state index in [1.54, 1.807) is 6.07 Å². The molecule has 126 valence electrons. The summed E-state index contributed by atoms with van der Waals surface area (Å²) in [6.07, 6.45) is 4.43. The Morgan fingerprint density at radius 2 is 2.22 bits per heavy atom. The van der Waals surface area contributed by atoms with Gasteiger partial charge in [0.1, 0.15) is 11.6 Å². The first-order valence-electron chi connectivity index (χ1n) is 8.11. The van der Waals surface area contributed by atoms with Crippen LogP contribution in [0.2, 0.25) is 5.02 Å². The Morgan fingerprint density at radius 1 is 1.39 bits per heavy atom. The summed E-state index contributed by atoms with van der Waals surface area (Å²) >= 11 is 6.25. The zero-order valence-electron chi connectivity index (χ0n) is 13.5. The molecule has 2 heterocycles. The number of likely N-dealkylation sites (N-methyl/N-ethyl adjacent to an activating group) is 1. The molecule has 0 amide bonds. The van der Waals surface area contributed by atoms with Crippen LogP contribution in [-0.4, -0.2) is 54.1 Å². The molecule has 0 aromatic heterocycles. The molecule has 0 radical (unpaired) electrons. The van der Waals surface area contributed by atoms with Gasteiger partial charge in [0, 0.05) is 37.2 Å². The first-order chi connectivity index (χ1) is 11.0. The molecular formula is C17H24ClFN4. The molecule has 1 aromatic carbocycles. The second kappa shape index (κ2) is 7.07. The van der Waals surface area contributed by atoms with Crippen LogP contribution in [0.3, 0.4) is 0 Å². The molecule has 2 aliphatic rings. The van der Waals surface area contributed by atoms with Crippen molar-refractivity contribution in [3.05, 3.63) is 46.5 Å². The largest absolute Gasteiger partial charge is 0.357 e. The molecule has 1 fully saturated rings. The van der Waals surface area contributed by atoms with Crippen molar-refractivity contribution in [3.63, 3.8) is 0 Å². The number of benzene rings is 1. The maximum Gasteiger partial charge on any atom is 0.123 e. The number of rotatable bonds is 3. The van der Waals surface area contributed by atoms with E-state index < -0.39 is 0 Å². The predicted molar refractivity (Wildman–Crippen MR) is 91.3 cm³/mol. The number of likely N-dealkylation sites (tertiary alicyclic amines) is 1. The van der Waals surface area contributed by atoms with Gasteiger partial charge < -0.3 is 15.5 Å². The van der Waals surface area contributed by atoms with Gasteiger partial charge in [0.15, 0.2) is 0 Å². The van der Waals surface area contributed by atoms with Crippen LogP contribution in [0.1, 0.15) is 18.4 Å². The normalized spacial score (nSPS) is 23.1. The first-order valence-corrected chi connectivity index (χ1v) is 8.49. The van der Waals surface area contributed by atoms with Crippen LogP contribution in [-0.2, 0) is 6.54 Å². The monoisotopic (exact) mass is 338 g/mol. The Kier molecular flexibility index (Phi) is 5.09. The average molecular weight is 339 g/mol. The summed E-state index contributed by atoms with van der Waals surface area (Å²) in [6, 6.07) is 4.77. The van der Waals surface area contributed by atoms with Crippen LogP contribution in [0.25, 0.3) is 0 Å². The Balaban J connectivity index is 1.81. The lowest BCUT2D eigenvalue weighted by Crippen LogP contribution is -2.50. The first kappa shape index (κ1) is 16.6. The van der Waals surface area contributed by atoms with Gasteiger partial charge in [-0.3, -0.25) is 4.90 Å². The van der Waals surface area contributed by atoms with Gasteiger partial charge >= 0.3 is 0 Å². The highest BCUT2D eigenvalue weighted by Crippen LogP contribution is 2.25. The Hall–Kier alpha value is -1.30. The molecule has 4 nitrogen and oxygen atoms in total. The van der Waals surface area contributed by atoms with Crippen LogP contribution < -0.4 is 5.73 Å². The SMILES string of the molecule is CN1CC=C(N2CCCC(N)C2)N(Cc2cc(F)ccc2Cl)C1. The summed E-state index contributed by atoms with van der Waals surface area (Å²) in [5, 5.41) is 0.606.